The highest BCUT2D eigenvalue weighted by Crippen LogP contribution is 1.98. The summed E-state index contributed by atoms with van der Waals surface area (Å²) in [6, 6.07) is 0. The van der Waals surface area contributed by atoms with Gasteiger partial charge in [0.25, 0.3) is 0 Å². The van der Waals surface area contributed by atoms with Gasteiger partial charge in [-0.2, -0.15) is 24.4 Å². The molecule has 0 unspecified atom stereocenters. The first-order chi connectivity index (χ1) is 14.6. The molecular formula is C30H83BrO4S3. The second-order valence-corrected chi connectivity index (χ2v) is 10.6. The van der Waals surface area contributed by atoms with Crippen molar-refractivity contribution in [2.45, 2.75) is 140 Å². The maximum absolute atomic E-state index is 10.6. The highest BCUT2D eigenvalue weighted by atomic mass is 79.9. The molecule has 252 valence electrons. The Kier molecular flexibility index (Phi) is 282. The second-order valence-electron chi connectivity index (χ2n) is 5.31. The summed E-state index contributed by atoms with van der Waals surface area (Å²) < 4.78 is 21.2. The lowest BCUT2D eigenvalue weighted by Crippen LogP contribution is -2.06. The van der Waals surface area contributed by atoms with Crippen molar-refractivity contribution >= 4 is 56.4 Å². The number of aliphatic hydroxyl groups is 1. The Morgan fingerprint density at radius 3 is 1.13 bits per heavy atom. The van der Waals surface area contributed by atoms with Gasteiger partial charge in [-0.05, 0) is 56.8 Å². The number of alkyl halides is 1. The maximum atomic E-state index is 10.6. The fourth-order valence-electron chi connectivity index (χ4n) is 0.744. The fraction of sp³-hybridized carbons (Fsp3) is 0.900. The Morgan fingerprint density at radius 2 is 1.08 bits per heavy atom. The van der Waals surface area contributed by atoms with E-state index in [0.717, 1.165) is 30.2 Å². The molecule has 0 spiro atoms. The van der Waals surface area contributed by atoms with E-state index < -0.39 is 9.84 Å². The molecule has 0 aromatic carbocycles. The van der Waals surface area contributed by atoms with E-state index in [1.807, 2.05) is 39.5 Å². The molecule has 0 heterocycles. The summed E-state index contributed by atoms with van der Waals surface area (Å²) in [7, 11) is -2.67. The largest absolute Gasteiger partial charge is 0.396 e. The Morgan fingerprint density at radius 1 is 0.816 bits per heavy atom. The van der Waals surface area contributed by atoms with Gasteiger partial charge in [0.1, 0.15) is 16.1 Å². The van der Waals surface area contributed by atoms with Crippen LogP contribution in [0.2, 0.25) is 0 Å². The van der Waals surface area contributed by atoms with Crippen LogP contribution in [0, 0.1) is 0 Å². The van der Waals surface area contributed by atoms with E-state index in [1.165, 1.54) is 31.3 Å². The molecule has 0 aliphatic rings. The third kappa shape index (κ3) is 294. The summed E-state index contributed by atoms with van der Waals surface area (Å²) in [5.41, 5.74) is 0. The molecule has 0 bridgehead atoms. The fourth-order valence-corrected chi connectivity index (χ4v) is 2.23. The van der Waals surface area contributed by atoms with Crippen molar-refractivity contribution in [2.24, 2.45) is 0 Å². The van der Waals surface area contributed by atoms with Crippen LogP contribution in [0.3, 0.4) is 0 Å². The van der Waals surface area contributed by atoms with Crippen LogP contribution < -0.4 is 0 Å². The van der Waals surface area contributed by atoms with Crippen molar-refractivity contribution in [3.8, 4) is 0 Å². The summed E-state index contributed by atoms with van der Waals surface area (Å²) in [5.74, 6) is 4.16. The first-order valence-electron chi connectivity index (χ1n) is 11.1. The van der Waals surface area contributed by atoms with Crippen molar-refractivity contribution in [3.05, 3.63) is 12.7 Å². The van der Waals surface area contributed by atoms with Gasteiger partial charge < -0.3 is 9.90 Å². The van der Waals surface area contributed by atoms with E-state index in [1.54, 1.807) is 13.0 Å². The van der Waals surface area contributed by atoms with Gasteiger partial charge in [0.15, 0.2) is 0 Å². The molecular weight excluding hydrogens is 600 g/mol. The number of aldehydes is 1. The molecule has 0 saturated heterocycles. The van der Waals surface area contributed by atoms with E-state index in [9.17, 15) is 8.42 Å². The Labute approximate surface area is 266 Å². The number of thiol groups is 1. The van der Waals surface area contributed by atoms with Crippen molar-refractivity contribution in [1.82, 2.24) is 0 Å². The predicted octanol–water partition coefficient (Wildman–Crippen LogP) is 11.9. The molecule has 0 aromatic rings. The van der Waals surface area contributed by atoms with E-state index in [4.69, 9.17) is 9.90 Å². The zero-order chi connectivity index (χ0) is 26.4. The van der Waals surface area contributed by atoms with Crippen LogP contribution in [0.15, 0.2) is 12.7 Å². The maximum Gasteiger partial charge on any atom is 0.150 e. The lowest BCUT2D eigenvalue weighted by Gasteiger charge is -1.93. The molecule has 1 N–H and O–H groups in total. The molecule has 38 heavy (non-hydrogen) atoms. The normalized spacial score (nSPS) is 6.63. The average Bonchev–Trinajstić information content (AvgIpc) is 2.75. The van der Waals surface area contributed by atoms with E-state index >= 15 is 0 Å². The van der Waals surface area contributed by atoms with E-state index in [2.05, 4.69) is 55.9 Å². The van der Waals surface area contributed by atoms with Gasteiger partial charge in [-0.1, -0.05) is 122 Å². The number of halogens is 1. The molecule has 0 aliphatic carbocycles. The highest BCUT2D eigenvalue weighted by Gasteiger charge is 2.02. The molecule has 0 saturated carbocycles. The number of allylic oxidation sites excluding steroid dienone is 1. The summed E-state index contributed by atoms with van der Waals surface area (Å²) in [4.78, 5) is 8.81. The first-order valence-corrected chi connectivity index (χ1v) is 15.9. The minimum Gasteiger partial charge on any atom is -0.396 e. The lowest BCUT2D eigenvalue weighted by atomic mass is 10.5. The Bertz CT molecular complexity index is 324. The number of thioether (sulfide) groups is 1. The summed E-state index contributed by atoms with van der Waals surface area (Å²) >= 11 is 9.04. The van der Waals surface area contributed by atoms with Gasteiger partial charge in [-0.15, -0.1) is 6.58 Å². The van der Waals surface area contributed by atoms with Gasteiger partial charge in [-0.3, -0.25) is 0 Å². The monoisotopic (exact) mass is 682 g/mol. The summed E-state index contributed by atoms with van der Waals surface area (Å²) in [6.45, 7) is 21.0. The van der Waals surface area contributed by atoms with Crippen molar-refractivity contribution in [2.75, 3.05) is 40.7 Å². The number of aliphatic hydroxyl groups excluding tert-OH is 1. The van der Waals surface area contributed by atoms with Gasteiger partial charge in [-0.25, -0.2) is 8.42 Å². The molecule has 8 heteroatoms. The zero-order valence-electron chi connectivity index (χ0n) is 22.0. The molecule has 0 fully saturated rings. The number of carbonyl (C=O) groups excluding carboxylic acids is 1. The average molecular weight is 684 g/mol. The summed E-state index contributed by atoms with van der Waals surface area (Å²) in [6.07, 6.45) is 6.66. The van der Waals surface area contributed by atoms with Gasteiger partial charge in [0, 0.05) is 23.4 Å². The zero-order valence-corrected chi connectivity index (χ0v) is 26.1. The van der Waals surface area contributed by atoms with Crippen LogP contribution in [0.25, 0.3) is 0 Å². The van der Waals surface area contributed by atoms with Crippen LogP contribution in [0.4, 0.5) is 0 Å². The predicted molar refractivity (Wildman–Crippen MR) is 204 cm³/mol. The minimum atomic E-state index is -2.67. The molecule has 0 radical (unpaired) electrons. The second kappa shape index (κ2) is 119. The van der Waals surface area contributed by atoms with Crippen LogP contribution >= 0.6 is 40.3 Å². The smallest absolute Gasteiger partial charge is 0.150 e. The van der Waals surface area contributed by atoms with Gasteiger partial charge >= 0.3 is 0 Å². The number of sulfone groups is 1. The summed E-state index contributed by atoms with van der Waals surface area (Å²) in [5, 5.41) is 9.01. The SMILES string of the molecule is C.C.C.C.C.C.C.C=CC.CC=O.CCCBr.CCCO.CCCS(=O)(=O)CC.CCCSCC.CCS. The van der Waals surface area contributed by atoms with Crippen molar-refractivity contribution < 1.29 is 18.3 Å². The third-order valence-corrected chi connectivity index (χ3v) is 5.73. The standard InChI is InChI=1S/C5H12O2S.C5H12S.C3H7Br.C3H8O.C3H6.C2H4O.C2H6S.7CH4/c1-3-5-8(6,7)4-2;1-3-5-6-4-2;2*1-2-3-4;1-3-2;2*1-2-3;;;;;;;/h3-5H2,1-2H3;3-5H2,1-2H3;2-3H2,1H3;4H,2-3H2,1H3;3H,1H2,2H3;2H,1H3;3H,2H2,1H3;7*1H4. The van der Waals surface area contributed by atoms with Crippen LogP contribution in [0.1, 0.15) is 140 Å². The topological polar surface area (TPSA) is 71.4 Å². The lowest BCUT2D eigenvalue weighted by molar-refractivity contribution is -0.106. The third-order valence-electron chi connectivity index (χ3n) is 1.92. The Balaban J connectivity index is -0.0000000147. The van der Waals surface area contributed by atoms with Crippen molar-refractivity contribution in [3.63, 3.8) is 0 Å². The van der Waals surface area contributed by atoms with Gasteiger partial charge in [0.2, 0.25) is 0 Å². The quantitative estimate of drug-likeness (QED) is 0.0876. The molecule has 0 rings (SSSR count). The number of carbonyl (C=O) groups is 1. The molecule has 0 aromatic heterocycles. The van der Waals surface area contributed by atoms with Gasteiger partial charge in [0.05, 0.1) is 0 Å². The van der Waals surface area contributed by atoms with Crippen LogP contribution in [0.5, 0.6) is 0 Å². The first kappa shape index (κ1) is 90.2. The minimum absolute atomic E-state index is 0. The molecule has 0 amide bonds. The Hall–Kier alpha value is 0.500. The van der Waals surface area contributed by atoms with Crippen molar-refractivity contribution in [1.29, 1.82) is 0 Å². The molecule has 0 aliphatic heterocycles. The van der Waals surface area contributed by atoms with Crippen LogP contribution in [-0.2, 0) is 14.6 Å². The van der Waals surface area contributed by atoms with E-state index in [-0.39, 0.29) is 57.7 Å². The molecule has 4 nitrogen and oxygen atoms in total. The van der Waals surface area contributed by atoms with Crippen LogP contribution in [-0.4, -0.2) is 60.5 Å². The highest BCUT2D eigenvalue weighted by molar-refractivity contribution is 9.09. The number of rotatable bonds is 8. The number of hydrogen-bond acceptors (Lipinski definition) is 6. The van der Waals surface area contributed by atoms with E-state index in [0.29, 0.717) is 12.4 Å². The number of hydrogen-bond donors (Lipinski definition) is 2. The molecule has 0 atom stereocenters.